The topological polar surface area (TPSA) is 32.7 Å². The van der Waals surface area contributed by atoms with E-state index in [0.29, 0.717) is 16.6 Å². The molecule has 1 amide bonds. The van der Waals surface area contributed by atoms with Gasteiger partial charge in [-0.1, -0.05) is 52.3 Å². The van der Waals surface area contributed by atoms with Crippen LogP contribution >= 0.6 is 27.7 Å². The first-order valence-electron chi connectivity index (χ1n) is 7.39. The third kappa shape index (κ3) is 3.86. The summed E-state index contributed by atoms with van der Waals surface area (Å²) in [6.45, 7) is 4.18. The van der Waals surface area contributed by atoms with E-state index in [4.69, 9.17) is 0 Å². The number of thioether (sulfide) groups is 1. The van der Waals surface area contributed by atoms with Gasteiger partial charge in [-0.15, -0.1) is 6.58 Å². The highest BCUT2D eigenvalue weighted by Crippen LogP contribution is 2.34. The summed E-state index contributed by atoms with van der Waals surface area (Å²) in [5, 5.41) is 0.675. The molecule has 2 aromatic carbocycles. The van der Waals surface area contributed by atoms with Gasteiger partial charge >= 0.3 is 0 Å². The standard InChI is InChI=1S/C19H15BrN2OS/c1-2-12-22-18(23)17(13-14-8-10-15(20)11-9-14)24-19(22)21-16-6-4-3-5-7-16/h2-11,13H,1,12H2/b17-13-,21-19?. The van der Waals surface area contributed by atoms with Gasteiger partial charge in [-0.25, -0.2) is 4.99 Å². The zero-order valence-electron chi connectivity index (χ0n) is 12.9. The third-order valence-electron chi connectivity index (χ3n) is 3.35. The first-order valence-corrected chi connectivity index (χ1v) is 9.00. The summed E-state index contributed by atoms with van der Waals surface area (Å²) < 4.78 is 1.01. The van der Waals surface area contributed by atoms with Gasteiger partial charge in [-0.05, 0) is 47.7 Å². The summed E-state index contributed by atoms with van der Waals surface area (Å²) >= 11 is 4.80. The molecular weight excluding hydrogens is 384 g/mol. The Bertz CT molecular complexity index is 813. The van der Waals surface area contributed by atoms with Crippen molar-refractivity contribution in [1.82, 2.24) is 4.90 Å². The summed E-state index contributed by atoms with van der Waals surface area (Å²) in [5.74, 6) is -0.0440. The van der Waals surface area contributed by atoms with Crippen LogP contribution in [0.1, 0.15) is 5.56 Å². The van der Waals surface area contributed by atoms with E-state index in [1.807, 2.05) is 60.7 Å². The maximum atomic E-state index is 12.7. The van der Waals surface area contributed by atoms with Gasteiger partial charge in [0.25, 0.3) is 5.91 Å². The number of carbonyl (C=O) groups is 1. The summed E-state index contributed by atoms with van der Waals surface area (Å²) in [6, 6.07) is 17.5. The van der Waals surface area contributed by atoms with E-state index in [1.54, 1.807) is 11.0 Å². The van der Waals surface area contributed by atoms with Crippen molar-refractivity contribution in [3.63, 3.8) is 0 Å². The first kappa shape index (κ1) is 16.7. The number of amides is 1. The SMILES string of the molecule is C=CCN1C(=O)/C(=C/c2ccc(Br)cc2)SC1=Nc1ccccc1. The third-order valence-corrected chi connectivity index (χ3v) is 4.88. The summed E-state index contributed by atoms with van der Waals surface area (Å²) in [4.78, 5) is 19.6. The predicted molar refractivity (Wildman–Crippen MR) is 105 cm³/mol. The second-order valence-corrected chi connectivity index (χ2v) is 7.02. The minimum absolute atomic E-state index is 0.0440. The van der Waals surface area contributed by atoms with Crippen LogP contribution in [0.2, 0.25) is 0 Å². The average molecular weight is 399 g/mol. The van der Waals surface area contributed by atoms with Crippen molar-refractivity contribution in [3.05, 3.63) is 82.2 Å². The number of aliphatic imine (C=N–C) groups is 1. The quantitative estimate of drug-likeness (QED) is 0.520. The van der Waals surface area contributed by atoms with Crippen LogP contribution in [0.3, 0.4) is 0 Å². The summed E-state index contributed by atoms with van der Waals surface area (Å²) in [7, 11) is 0. The Morgan fingerprint density at radius 1 is 1.12 bits per heavy atom. The van der Waals surface area contributed by atoms with Crippen LogP contribution in [0.4, 0.5) is 5.69 Å². The molecule has 0 aromatic heterocycles. The fourth-order valence-corrected chi connectivity index (χ4v) is 3.48. The normalized spacial score (nSPS) is 17.7. The van der Waals surface area contributed by atoms with E-state index in [9.17, 15) is 4.79 Å². The highest BCUT2D eigenvalue weighted by atomic mass is 79.9. The van der Waals surface area contributed by atoms with E-state index in [0.717, 1.165) is 15.7 Å². The summed E-state index contributed by atoms with van der Waals surface area (Å²) in [5.41, 5.74) is 1.81. The predicted octanol–water partition coefficient (Wildman–Crippen LogP) is 5.24. The Labute approximate surface area is 153 Å². The average Bonchev–Trinajstić information content (AvgIpc) is 2.87. The number of para-hydroxylation sites is 1. The van der Waals surface area contributed by atoms with Crippen LogP contribution in [-0.4, -0.2) is 22.5 Å². The monoisotopic (exact) mass is 398 g/mol. The van der Waals surface area contributed by atoms with Crippen molar-refractivity contribution in [2.24, 2.45) is 4.99 Å². The molecule has 0 atom stereocenters. The van der Waals surface area contributed by atoms with Crippen LogP contribution in [0, 0.1) is 0 Å². The molecule has 0 unspecified atom stereocenters. The zero-order chi connectivity index (χ0) is 16.9. The van der Waals surface area contributed by atoms with Gasteiger partial charge in [0.05, 0.1) is 10.6 Å². The molecule has 0 saturated carbocycles. The van der Waals surface area contributed by atoms with E-state index in [2.05, 4.69) is 27.5 Å². The number of carbonyl (C=O) groups excluding carboxylic acids is 1. The smallest absolute Gasteiger partial charge is 0.267 e. The molecule has 0 aliphatic carbocycles. The van der Waals surface area contributed by atoms with Crippen molar-refractivity contribution in [3.8, 4) is 0 Å². The minimum Gasteiger partial charge on any atom is -0.283 e. The second-order valence-electron chi connectivity index (χ2n) is 5.10. The molecule has 24 heavy (non-hydrogen) atoms. The molecule has 120 valence electrons. The number of halogens is 1. The van der Waals surface area contributed by atoms with Crippen LogP contribution < -0.4 is 0 Å². The highest BCUT2D eigenvalue weighted by molar-refractivity contribution is 9.10. The lowest BCUT2D eigenvalue weighted by Gasteiger charge is -2.12. The van der Waals surface area contributed by atoms with Crippen molar-refractivity contribution >= 4 is 50.5 Å². The van der Waals surface area contributed by atoms with E-state index in [-0.39, 0.29) is 5.91 Å². The molecule has 1 heterocycles. The zero-order valence-corrected chi connectivity index (χ0v) is 15.3. The molecule has 1 aliphatic heterocycles. The van der Waals surface area contributed by atoms with E-state index >= 15 is 0 Å². The van der Waals surface area contributed by atoms with Gasteiger partial charge in [-0.3, -0.25) is 9.69 Å². The number of nitrogens with zero attached hydrogens (tertiary/aromatic N) is 2. The van der Waals surface area contributed by atoms with Crippen molar-refractivity contribution in [2.45, 2.75) is 0 Å². The molecule has 1 aliphatic rings. The first-order chi connectivity index (χ1) is 11.7. The Hall–Kier alpha value is -2.11. The van der Waals surface area contributed by atoms with Gasteiger partial charge in [0, 0.05) is 11.0 Å². The highest BCUT2D eigenvalue weighted by Gasteiger charge is 2.32. The van der Waals surface area contributed by atoms with Gasteiger partial charge in [0.2, 0.25) is 0 Å². The number of hydrogen-bond acceptors (Lipinski definition) is 3. The van der Waals surface area contributed by atoms with E-state index in [1.165, 1.54) is 11.8 Å². The molecule has 1 saturated heterocycles. The lowest BCUT2D eigenvalue weighted by molar-refractivity contribution is -0.121. The second kappa shape index (κ2) is 7.64. The summed E-state index contributed by atoms with van der Waals surface area (Å²) in [6.07, 6.45) is 3.60. The Morgan fingerprint density at radius 3 is 2.50 bits per heavy atom. The van der Waals surface area contributed by atoms with Crippen molar-refractivity contribution < 1.29 is 4.79 Å². The lowest BCUT2D eigenvalue weighted by Crippen LogP contribution is -2.29. The Kier molecular flexibility index (Phi) is 5.33. The maximum Gasteiger partial charge on any atom is 0.267 e. The Morgan fingerprint density at radius 2 is 1.83 bits per heavy atom. The number of benzene rings is 2. The largest absolute Gasteiger partial charge is 0.283 e. The lowest BCUT2D eigenvalue weighted by atomic mass is 10.2. The fraction of sp³-hybridized carbons (Fsp3) is 0.0526. The molecular formula is C19H15BrN2OS. The number of amidine groups is 1. The molecule has 2 aromatic rings. The molecule has 5 heteroatoms. The number of rotatable bonds is 4. The van der Waals surface area contributed by atoms with Crippen LogP contribution in [-0.2, 0) is 4.79 Å². The maximum absolute atomic E-state index is 12.7. The minimum atomic E-state index is -0.0440. The fourth-order valence-electron chi connectivity index (χ4n) is 2.20. The van der Waals surface area contributed by atoms with Gasteiger partial charge in [-0.2, -0.15) is 0 Å². The molecule has 0 spiro atoms. The van der Waals surface area contributed by atoms with Crippen LogP contribution in [0.5, 0.6) is 0 Å². The van der Waals surface area contributed by atoms with Gasteiger partial charge in [0.15, 0.2) is 5.17 Å². The molecule has 0 bridgehead atoms. The van der Waals surface area contributed by atoms with E-state index < -0.39 is 0 Å². The molecule has 0 N–H and O–H groups in total. The molecule has 3 nitrogen and oxygen atoms in total. The van der Waals surface area contributed by atoms with Crippen molar-refractivity contribution in [1.29, 1.82) is 0 Å². The van der Waals surface area contributed by atoms with Crippen LogP contribution in [0.25, 0.3) is 6.08 Å². The molecule has 3 rings (SSSR count). The van der Waals surface area contributed by atoms with Gasteiger partial charge < -0.3 is 0 Å². The van der Waals surface area contributed by atoms with Crippen LogP contribution in [0.15, 0.2) is 81.6 Å². The number of hydrogen-bond donors (Lipinski definition) is 0. The molecule has 0 radical (unpaired) electrons. The Balaban J connectivity index is 1.93. The van der Waals surface area contributed by atoms with Crippen molar-refractivity contribution in [2.75, 3.05) is 6.54 Å². The molecule has 1 fully saturated rings. The van der Waals surface area contributed by atoms with Gasteiger partial charge in [0.1, 0.15) is 0 Å².